The Kier molecular flexibility index (Phi) is 5.38. The molecule has 1 aliphatic rings. The lowest BCUT2D eigenvalue weighted by atomic mass is 9.77. The number of hydrogen-bond donors (Lipinski definition) is 1. The Morgan fingerprint density at radius 3 is 2.95 bits per heavy atom. The maximum absolute atomic E-state index is 4.63. The van der Waals surface area contributed by atoms with Crippen LogP contribution in [0.4, 0.5) is 0 Å². The monoisotopic (exact) mass is 260 g/mol. The van der Waals surface area contributed by atoms with Crippen LogP contribution in [0.2, 0.25) is 0 Å². The Balaban J connectivity index is 2.14. The van der Waals surface area contributed by atoms with Gasteiger partial charge < -0.3 is 5.32 Å². The fourth-order valence-electron chi connectivity index (χ4n) is 3.33. The first-order valence-electron chi connectivity index (χ1n) is 7.86. The van der Waals surface area contributed by atoms with Gasteiger partial charge in [0, 0.05) is 6.20 Å². The highest BCUT2D eigenvalue weighted by molar-refractivity contribution is 5.18. The first-order chi connectivity index (χ1) is 9.20. The number of aromatic nitrogens is 1. The number of pyridine rings is 1. The molecule has 0 aliphatic heterocycles. The molecule has 1 fully saturated rings. The summed E-state index contributed by atoms with van der Waals surface area (Å²) >= 11 is 0. The van der Waals surface area contributed by atoms with E-state index in [1.54, 1.807) is 0 Å². The van der Waals surface area contributed by atoms with Crippen LogP contribution >= 0.6 is 0 Å². The van der Waals surface area contributed by atoms with E-state index in [0.717, 1.165) is 18.4 Å². The fraction of sp³-hybridized carbons (Fsp3) is 0.706. The minimum Gasteiger partial charge on any atom is -0.308 e. The van der Waals surface area contributed by atoms with E-state index in [-0.39, 0.29) is 0 Å². The molecule has 0 radical (unpaired) electrons. The molecule has 106 valence electrons. The smallest absolute Gasteiger partial charge is 0.0578 e. The third-order valence-electron chi connectivity index (χ3n) is 4.32. The van der Waals surface area contributed by atoms with Crippen molar-refractivity contribution in [1.82, 2.24) is 10.3 Å². The zero-order valence-electron chi connectivity index (χ0n) is 12.7. The number of nitrogens with zero attached hydrogens (tertiary/aromatic N) is 1. The van der Waals surface area contributed by atoms with Crippen molar-refractivity contribution in [2.24, 2.45) is 11.8 Å². The maximum Gasteiger partial charge on any atom is 0.0578 e. The van der Waals surface area contributed by atoms with Crippen LogP contribution in [0.15, 0.2) is 18.3 Å². The topological polar surface area (TPSA) is 24.9 Å². The lowest BCUT2D eigenvalue weighted by molar-refractivity contribution is 0.221. The average Bonchev–Trinajstić information content (AvgIpc) is 2.39. The van der Waals surface area contributed by atoms with Crippen molar-refractivity contribution < 1.29 is 0 Å². The molecule has 0 spiro atoms. The second-order valence-electron chi connectivity index (χ2n) is 6.22. The Labute approximate surface area is 118 Å². The molecule has 1 N–H and O–H groups in total. The highest BCUT2D eigenvalue weighted by atomic mass is 14.9. The Bertz CT molecular complexity index is 389. The van der Waals surface area contributed by atoms with Crippen LogP contribution in [0.5, 0.6) is 0 Å². The van der Waals surface area contributed by atoms with Crippen molar-refractivity contribution in [1.29, 1.82) is 0 Å². The van der Waals surface area contributed by atoms with Gasteiger partial charge in [-0.05, 0) is 62.3 Å². The molecule has 2 rings (SSSR count). The van der Waals surface area contributed by atoms with Gasteiger partial charge in [-0.3, -0.25) is 4.98 Å². The van der Waals surface area contributed by atoms with Gasteiger partial charge in [0.1, 0.15) is 0 Å². The molecule has 1 aromatic heterocycles. The molecule has 0 aromatic carbocycles. The van der Waals surface area contributed by atoms with Crippen LogP contribution in [0.3, 0.4) is 0 Å². The van der Waals surface area contributed by atoms with Gasteiger partial charge in [-0.15, -0.1) is 0 Å². The third-order valence-corrected chi connectivity index (χ3v) is 4.32. The number of rotatable bonds is 5. The summed E-state index contributed by atoms with van der Waals surface area (Å²) in [6.45, 7) is 7.88. The van der Waals surface area contributed by atoms with Gasteiger partial charge in [0.2, 0.25) is 0 Å². The summed E-state index contributed by atoms with van der Waals surface area (Å²) in [5.41, 5.74) is 2.56. The van der Waals surface area contributed by atoms with E-state index in [4.69, 9.17) is 0 Å². The predicted octanol–water partition coefficient (Wildman–Crippen LogP) is 4.26. The van der Waals surface area contributed by atoms with E-state index in [2.05, 4.69) is 43.2 Å². The molecule has 2 heteroatoms. The molecule has 0 amide bonds. The summed E-state index contributed by atoms with van der Waals surface area (Å²) in [5.74, 6) is 1.62. The van der Waals surface area contributed by atoms with Crippen molar-refractivity contribution in [2.45, 2.75) is 58.9 Å². The number of aryl methyl sites for hydroxylation is 1. The van der Waals surface area contributed by atoms with E-state index in [9.17, 15) is 0 Å². The normalized spacial score (nSPS) is 25.2. The van der Waals surface area contributed by atoms with Gasteiger partial charge in [-0.2, -0.15) is 0 Å². The lowest BCUT2D eigenvalue weighted by Crippen LogP contribution is -2.32. The van der Waals surface area contributed by atoms with E-state index in [0.29, 0.717) is 6.04 Å². The van der Waals surface area contributed by atoms with Crippen molar-refractivity contribution in [3.05, 3.63) is 29.6 Å². The first-order valence-corrected chi connectivity index (χ1v) is 7.86. The van der Waals surface area contributed by atoms with Gasteiger partial charge in [0.15, 0.2) is 0 Å². The molecule has 1 heterocycles. The molecule has 0 bridgehead atoms. The van der Waals surface area contributed by atoms with Crippen LogP contribution in [0.1, 0.15) is 63.3 Å². The molecule has 1 aromatic rings. The van der Waals surface area contributed by atoms with Gasteiger partial charge >= 0.3 is 0 Å². The zero-order chi connectivity index (χ0) is 13.7. The second-order valence-corrected chi connectivity index (χ2v) is 6.22. The summed E-state index contributed by atoms with van der Waals surface area (Å²) in [6.07, 6.45) is 8.61. The Morgan fingerprint density at radius 1 is 1.42 bits per heavy atom. The summed E-state index contributed by atoms with van der Waals surface area (Å²) in [5, 5.41) is 3.74. The summed E-state index contributed by atoms with van der Waals surface area (Å²) in [7, 11) is 0. The van der Waals surface area contributed by atoms with Gasteiger partial charge in [0.25, 0.3) is 0 Å². The molecule has 2 nitrogen and oxygen atoms in total. The molecule has 1 aliphatic carbocycles. The van der Waals surface area contributed by atoms with Crippen molar-refractivity contribution in [3.8, 4) is 0 Å². The fourth-order valence-corrected chi connectivity index (χ4v) is 3.33. The number of nitrogens with one attached hydrogen (secondary N) is 1. The third kappa shape index (κ3) is 4.04. The SMILES string of the molecule is CCCNC(c1cc(C)ccn1)C1CCCC(C)C1. The van der Waals surface area contributed by atoms with E-state index in [1.165, 1.54) is 43.4 Å². The van der Waals surface area contributed by atoms with Crippen LogP contribution in [0, 0.1) is 18.8 Å². The minimum atomic E-state index is 0.447. The molecule has 19 heavy (non-hydrogen) atoms. The summed E-state index contributed by atoms with van der Waals surface area (Å²) in [6, 6.07) is 4.79. The quantitative estimate of drug-likeness (QED) is 0.855. The van der Waals surface area contributed by atoms with Crippen LogP contribution in [0.25, 0.3) is 0 Å². The van der Waals surface area contributed by atoms with Gasteiger partial charge in [-0.1, -0.05) is 26.7 Å². The molecule has 3 atom stereocenters. The summed E-state index contributed by atoms with van der Waals surface area (Å²) in [4.78, 5) is 4.63. The Morgan fingerprint density at radius 2 is 2.26 bits per heavy atom. The maximum atomic E-state index is 4.63. The average molecular weight is 260 g/mol. The standard InChI is InChI=1S/C17H28N2/c1-4-9-19-17(15-7-5-6-13(2)11-15)16-12-14(3)8-10-18-16/h8,10,12-13,15,17,19H,4-7,9,11H2,1-3H3. The minimum absolute atomic E-state index is 0.447. The van der Waals surface area contributed by atoms with Crippen molar-refractivity contribution >= 4 is 0 Å². The van der Waals surface area contributed by atoms with E-state index < -0.39 is 0 Å². The van der Waals surface area contributed by atoms with Crippen molar-refractivity contribution in [2.75, 3.05) is 6.54 Å². The highest BCUT2D eigenvalue weighted by Crippen LogP contribution is 2.36. The molecule has 1 saturated carbocycles. The molecular formula is C17H28N2. The molecule has 3 unspecified atom stereocenters. The van der Waals surface area contributed by atoms with Crippen LogP contribution in [-0.4, -0.2) is 11.5 Å². The number of hydrogen-bond acceptors (Lipinski definition) is 2. The highest BCUT2D eigenvalue weighted by Gasteiger charge is 2.28. The van der Waals surface area contributed by atoms with Crippen molar-refractivity contribution in [3.63, 3.8) is 0 Å². The van der Waals surface area contributed by atoms with E-state index in [1.807, 2.05) is 6.20 Å². The molecule has 0 saturated heterocycles. The summed E-state index contributed by atoms with van der Waals surface area (Å²) < 4.78 is 0. The largest absolute Gasteiger partial charge is 0.308 e. The first kappa shape index (κ1) is 14.5. The lowest BCUT2D eigenvalue weighted by Gasteiger charge is -2.33. The molecular weight excluding hydrogens is 232 g/mol. The Hall–Kier alpha value is -0.890. The van der Waals surface area contributed by atoms with Crippen LogP contribution in [-0.2, 0) is 0 Å². The van der Waals surface area contributed by atoms with Crippen LogP contribution < -0.4 is 5.32 Å². The van der Waals surface area contributed by atoms with E-state index >= 15 is 0 Å². The second kappa shape index (κ2) is 7.04. The van der Waals surface area contributed by atoms with Gasteiger partial charge in [-0.25, -0.2) is 0 Å². The predicted molar refractivity (Wildman–Crippen MR) is 81.1 cm³/mol. The van der Waals surface area contributed by atoms with Gasteiger partial charge in [0.05, 0.1) is 11.7 Å². The zero-order valence-corrected chi connectivity index (χ0v) is 12.7.